The molecule has 2 bridgehead atoms. The molecular weight excluding hydrogens is 314 g/mol. The Labute approximate surface area is 148 Å². The molecule has 2 fully saturated rings. The highest BCUT2D eigenvalue weighted by Gasteiger charge is 2.43. The van der Waals surface area contributed by atoms with Crippen molar-refractivity contribution in [3.05, 3.63) is 48.0 Å². The average molecular weight is 339 g/mol. The average Bonchev–Trinajstić information content (AvgIpc) is 3.36. The highest BCUT2D eigenvalue weighted by atomic mass is 16.5. The Hall–Kier alpha value is -2.30. The number of nitrogens with one attached hydrogen (secondary N) is 1. The van der Waals surface area contributed by atoms with Crippen LogP contribution in [0, 0.1) is 17.8 Å². The van der Waals surface area contributed by atoms with Crippen molar-refractivity contribution in [1.29, 1.82) is 0 Å². The first-order valence-electron chi connectivity index (χ1n) is 9.08. The van der Waals surface area contributed by atoms with Gasteiger partial charge in [-0.2, -0.15) is 0 Å². The van der Waals surface area contributed by atoms with Crippen molar-refractivity contribution in [2.45, 2.75) is 31.7 Å². The van der Waals surface area contributed by atoms with Gasteiger partial charge in [-0.05, 0) is 37.2 Å². The summed E-state index contributed by atoms with van der Waals surface area (Å²) < 4.78 is 7.49. The molecule has 5 heteroatoms. The lowest BCUT2D eigenvalue weighted by atomic mass is 9.87. The maximum absolute atomic E-state index is 13.0. The SMILES string of the molecule is COc1ccccc1C(NC(=O)C1CC2CCC1C2)c1nccn1C. The molecule has 5 nitrogen and oxygen atoms in total. The van der Waals surface area contributed by atoms with E-state index in [4.69, 9.17) is 4.74 Å². The summed E-state index contributed by atoms with van der Waals surface area (Å²) in [5.74, 6) is 3.20. The largest absolute Gasteiger partial charge is 0.496 e. The Morgan fingerprint density at radius 3 is 2.80 bits per heavy atom. The standard InChI is InChI=1S/C20H25N3O2/c1-23-10-9-21-19(23)18(15-5-3-4-6-17(15)25-2)22-20(24)16-12-13-7-8-14(16)11-13/h3-6,9-10,13-14,16,18H,7-8,11-12H2,1-2H3,(H,22,24). The topological polar surface area (TPSA) is 56.1 Å². The van der Waals surface area contributed by atoms with Gasteiger partial charge in [0.2, 0.25) is 5.91 Å². The third kappa shape index (κ3) is 2.92. The van der Waals surface area contributed by atoms with Crippen LogP contribution in [0.5, 0.6) is 5.75 Å². The zero-order valence-corrected chi connectivity index (χ0v) is 14.8. The number of para-hydroxylation sites is 1. The van der Waals surface area contributed by atoms with Gasteiger partial charge in [0.1, 0.15) is 17.6 Å². The van der Waals surface area contributed by atoms with Gasteiger partial charge in [-0.15, -0.1) is 0 Å². The molecule has 4 unspecified atom stereocenters. The lowest BCUT2D eigenvalue weighted by molar-refractivity contribution is -0.127. The molecule has 2 aliphatic carbocycles. The van der Waals surface area contributed by atoms with Crippen molar-refractivity contribution in [3.63, 3.8) is 0 Å². The minimum atomic E-state index is -0.303. The van der Waals surface area contributed by atoms with Crippen molar-refractivity contribution < 1.29 is 9.53 Å². The predicted octanol–water partition coefficient (Wildman–Crippen LogP) is 3.07. The lowest BCUT2D eigenvalue weighted by Gasteiger charge is -2.26. The van der Waals surface area contributed by atoms with Crippen LogP contribution in [0.15, 0.2) is 36.7 Å². The number of nitrogens with zero attached hydrogens (tertiary/aromatic N) is 2. The third-order valence-corrected chi connectivity index (χ3v) is 5.93. The molecule has 2 aromatic rings. The normalized spacial score (nSPS) is 25.8. The Bertz CT molecular complexity index is 770. The second kappa shape index (κ2) is 6.54. The maximum Gasteiger partial charge on any atom is 0.224 e. The van der Waals surface area contributed by atoms with E-state index < -0.39 is 0 Å². The second-order valence-electron chi connectivity index (χ2n) is 7.36. The van der Waals surface area contributed by atoms with Crippen LogP contribution < -0.4 is 10.1 Å². The van der Waals surface area contributed by atoms with Gasteiger partial charge in [0, 0.05) is 30.9 Å². The van der Waals surface area contributed by atoms with Crippen LogP contribution in [0.1, 0.15) is 43.1 Å². The van der Waals surface area contributed by atoms with E-state index in [1.165, 1.54) is 19.3 Å². The number of imidazole rings is 1. The summed E-state index contributed by atoms with van der Waals surface area (Å²) in [7, 11) is 3.61. The molecule has 0 radical (unpaired) electrons. The number of benzene rings is 1. The van der Waals surface area contributed by atoms with Gasteiger partial charge < -0.3 is 14.6 Å². The Kier molecular flexibility index (Phi) is 4.24. The molecular formula is C20H25N3O2. The summed E-state index contributed by atoms with van der Waals surface area (Å²) in [5, 5.41) is 3.28. The predicted molar refractivity (Wildman–Crippen MR) is 95.1 cm³/mol. The summed E-state index contributed by atoms with van der Waals surface area (Å²) in [6, 6.07) is 7.53. The fraction of sp³-hybridized carbons (Fsp3) is 0.500. The number of methoxy groups -OCH3 is 1. The fourth-order valence-corrected chi connectivity index (χ4v) is 4.66. The number of rotatable bonds is 5. The maximum atomic E-state index is 13.0. The molecule has 4 rings (SSSR count). The molecule has 0 aliphatic heterocycles. The van der Waals surface area contributed by atoms with Crippen LogP contribution in [0.4, 0.5) is 0 Å². The number of aromatic nitrogens is 2. The van der Waals surface area contributed by atoms with Crippen molar-refractivity contribution in [3.8, 4) is 5.75 Å². The molecule has 1 heterocycles. The first-order valence-corrected chi connectivity index (χ1v) is 9.08. The van der Waals surface area contributed by atoms with Crippen molar-refractivity contribution in [1.82, 2.24) is 14.9 Å². The minimum absolute atomic E-state index is 0.149. The van der Waals surface area contributed by atoms with Crippen molar-refractivity contribution >= 4 is 5.91 Å². The number of hydrogen-bond acceptors (Lipinski definition) is 3. The number of aryl methyl sites for hydroxylation is 1. The van der Waals surface area contributed by atoms with Gasteiger partial charge in [0.05, 0.1) is 7.11 Å². The molecule has 0 spiro atoms. The Morgan fingerprint density at radius 1 is 1.32 bits per heavy atom. The second-order valence-corrected chi connectivity index (χ2v) is 7.36. The van der Waals surface area contributed by atoms with E-state index in [1.807, 2.05) is 42.1 Å². The zero-order chi connectivity index (χ0) is 17.4. The summed E-state index contributed by atoms with van der Waals surface area (Å²) >= 11 is 0. The lowest BCUT2D eigenvalue weighted by Crippen LogP contribution is -2.37. The van der Waals surface area contributed by atoms with E-state index in [2.05, 4.69) is 10.3 Å². The summed E-state index contributed by atoms with van der Waals surface area (Å²) in [6.07, 6.45) is 8.42. The van der Waals surface area contributed by atoms with Gasteiger partial charge in [0.15, 0.2) is 0 Å². The van der Waals surface area contributed by atoms with Crippen molar-refractivity contribution in [2.24, 2.45) is 24.8 Å². The van der Waals surface area contributed by atoms with Crippen LogP contribution in [0.25, 0.3) is 0 Å². The van der Waals surface area contributed by atoms with Crippen LogP contribution in [0.3, 0.4) is 0 Å². The summed E-state index contributed by atoms with van der Waals surface area (Å²) in [6.45, 7) is 0. The van der Waals surface area contributed by atoms with Gasteiger partial charge in [-0.3, -0.25) is 4.79 Å². The number of hydrogen-bond donors (Lipinski definition) is 1. The van der Waals surface area contributed by atoms with Gasteiger partial charge in [0.25, 0.3) is 0 Å². The van der Waals surface area contributed by atoms with E-state index in [-0.39, 0.29) is 17.9 Å². The molecule has 4 atom stereocenters. The summed E-state index contributed by atoms with van der Waals surface area (Å²) in [5.41, 5.74) is 0.941. The quantitative estimate of drug-likeness (QED) is 0.911. The van der Waals surface area contributed by atoms with Crippen molar-refractivity contribution in [2.75, 3.05) is 7.11 Å². The number of fused-ring (bicyclic) bond motifs is 2. The van der Waals surface area contributed by atoms with E-state index in [0.717, 1.165) is 29.5 Å². The van der Waals surface area contributed by atoms with Gasteiger partial charge in [-0.25, -0.2) is 4.98 Å². The summed E-state index contributed by atoms with van der Waals surface area (Å²) in [4.78, 5) is 17.5. The highest BCUT2D eigenvalue weighted by Crippen LogP contribution is 2.48. The van der Waals surface area contributed by atoms with Crippen LogP contribution in [-0.2, 0) is 11.8 Å². The van der Waals surface area contributed by atoms with Crippen LogP contribution in [0.2, 0.25) is 0 Å². The number of carbonyl (C=O) groups is 1. The first-order chi connectivity index (χ1) is 12.2. The monoisotopic (exact) mass is 339 g/mol. The molecule has 1 aromatic carbocycles. The number of carbonyl (C=O) groups excluding carboxylic acids is 1. The molecule has 25 heavy (non-hydrogen) atoms. The van der Waals surface area contributed by atoms with E-state index in [1.54, 1.807) is 13.3 Å². The minimum Gasteiger partial charge on any atom is -0.496 e. The first kappa shape index (κ1) is 16.2. The fourth-order valence-electron chi connectivity index (χ4n) is 4.66. The van der Waals surface area contributed by atoms with Crippen LogP contribution >= 0.6 is 0 Å². The van der Waals surface area contributed by atoms with E-state index in [0.29, 0.717) is 5.92 Å². The Balaban J connectivity index is 1.64. The molecule has 1 amide bonds. The number of amides is 1. The van der Waals surface area contributed by atoms with E-state index >= 15 is 0 Å². The van der Waals surface area contributed by atoms with Crippen LogP contribution in [-0.4, -0.2) is 22.6 Å². The molecule has 2 aliphatic rings. The molecule has 2 saturated carbocycles. The molecule has 1 N–H and O–H groups in total. The molecule has 1 aromatic heterocycles. The van der Waals surface area contributed by atoms with E-state index in [9.17, 15) is 4.79 Å². The smallest absolute Gasteiger partial charge is 0.224 e. The third-order valence-electron chi connectivity index (χ3n) is 5.93. The Morgan fingerprint density at radius 2 is 2.16 bits per heavy atom. The molecule has 132 valence electrons. The zero-order valence-electron chi connectivity index (χ0n) is 14.8. The van der Waals surface area contributed by atoms with Gasteiger partial charge in [-0.1, -0.05) is 24.6 Å². The highest BCUT2D eigenvalue weighted by molar-refractivity contribution is 5.80. The number of ether oxygens (including phenoxy) is 1. The molecule has 0 saturated heterocycles. The van der Waals surface area contributed by atoms with Gasteiger partial charge >= 0.3 is 0 Å².